The molecule has 0 N–H and O–H groups in total. The molecule has 0 heterocycles. The third-order valence-corrected chi connectivity index (χ3v) is 14.0. The van der Waals surface area contributed by atoms with Gasteiger partial charge in [-0.25, -0.2) is 0 Å². The predicted octanol–water partition coefficient (Wildman–Crippen LogP) is 16.4. The lowest BCUT2D eigenvalue weighted by Crippen LogP contribution is -2.15. The normalized spacial score (nSPS) is 14.3. The maximum absolute atomic E-state index is 2.47. The Kier molecular flexibility index (Phi) is 7.42. The SMILES string of the molecule is CC1(C)c2cc(-c3cccc(-c4ccc5c(ccc6ccccc65)c4)c3)ccc2-c2ccc(-c3ccc4c(c3)C(C)(C)c3cc(-c5ccc6ccccc6c5)ccc3-4)cc21. The molecule has 0 spiro atoms. The second-order valence-electron chi connectivity index (χ2n) is 18.2. The second-order valence-corrected chi connectivity index (χ2v) is 18.2. The Hall–Kier alpha value is -7.02. The number of fused-ring (bicyclic) bond motifs is 10. The zero-order valence-corrected chi connectivity index (χ0v) is 34.5. The highest BCUT2D eigenvalue weighted by Gasteiger charge is 2.38. The molecule has 0 bridgehead atoms. The minimum atomic E-state index is -0.138. The van der Waals surface area contributed by atoms with Crippen LogP contribution in [0.5, 0.6) is 0 Å². The van der Waals surface area contributed by atoms with Crippen molar-refractivity contribution in [2.24, 2.45) is 0 Å². The fraction of sp³-hybridized carbons (Fsp3) is 0.100. The summed E-state index contributed by atoms with van der Waals surface area (Å²) in [5, 5.41) is 7.71. The first-order chi connectivity index (χ1) is 29.2. The van der Waals surface area contributed by atoms with Gasteiger partial charge in [-0.1, -0.05) is 179 Å². The summed E-state index contributed by atoms with van der Waals surface area (Å²) in [5.74, 6) is 0. The fourth-order valence-electron chi connectivity index (χ4n) is 10.6. The minimum absolute atomic E-state index is 0.114. The lowest BCUT2D eigenvalue weighted by Gasteiger charge is -2.24. The molecule has 12 rings (SSSR count). The number of hydrogen-bond donors (Lipinski definition) is 0. The molecule has 10 aromatic carbocycles. The Bertz CT molecular complexity index is 3430. The summed E-state index contributed by atoms with van der Waals surface area (Å²) in [7, 11) is 0. The first kappa shape index (κ1) is 35.0. The highest BCUT2D eigenvalue weighted by molar-refractivity contribution is 6.08. The Morgan fingerprint density at radius 1 is 0.233 bits per heavy atom. The van der Waals surface area contributed by atoms with Crippen molar-refractivity contribution < 1.29 is 0 Å². The molecule has 60 heavy (non-hydrogen) atoms. The van der Waals surface area contributed by atoms with E-state index in [1.54, 1.807) is 0 Å². The van der Waals surface area contributed by atoms with Crippen LogP contribution in [-0.4, -0.2) is 0 Å². The average molecular weight is 765 g/mol. The van der Waals surface area contributed by atoms with Gasteiger partial charge in [0, 0.05) is 10.8 Å². The van der Waals surface area contributed by atoms with Crippen molar-refractivity contribution in [3.8, 4) is 66.8 Å². The largest absolute Gasteiger partial charge is 0.0616 e. The van der Waals surface area contributed by atoms with Gasteiger partial charge in [-0.05, 0) is 164 Å². The van der Waals surface area contributed by atoms with Crippen molar-refractivity contribution in [2.75, 3.05) is 0 Å². The molecule has 0 aliphatic heterocycles. The topological polar surface area (TPSA) is 0 Å². The fourth-order valence-corrected chi connectivity index (χ4v) is 10.6. The van der Waals surface area contributed by atoms with E-state index in [4.69, 9.17) is 0 Å². The third kappa shape index (κ3) is 5.23. The van der Waals surface area contributed by atoms with Crippen molar-refractivity contribution in [3.05, 3.63) is 216 Å². The third-order valence-electron chi connectivity index (χ3n) is 14.0. The number of hydrogen-bond acceptors (Lipinski definition) is 0. The van der Waals surface area contributed by atoms with Gasteiger partial charge in [-0.15, -0.1) is 0 Å². The Morgan fingerprint density at radius 3 is 1.12 bits per heavy atom. The van der Waals surface area contributed by atoms with Crippen LogP contribution in [0.2, 0.25) is 0 Å². The summed E-state index contributed by atoms with van der Waals surface area (Å²) in [6.07, 6.45) is 0. The van der Waals surface area contributed by atoms with Crippen molar-refractivity contribution in [2.45, 2.75) is 38.5 Å². The molecule has 0 atom stereocenters. The molecule has 0 unspecified atom stereocenters. The van der Waals surface area contributed by atoms with Crippen molar-refractivity contribution in [3.63, 3.8) is 0 Å². The van der Waals surface area contributed by atoms with E-state index in [-0.39, 0.29) is 10.8 Å². The smallest absolute Gasteiger partial charge is 0.0159 e. The summed E-state index contributed by atoms with van der Waals surface area (Å²) in [6.45, 7) is 9.58. The Balaban J connectivity index is 0.853. The van der Waals surface area contributed by atoms with E-state index >= 15 is 0 Å². The lowest BCUT2D eigenvalue weighted by atomic mass is 9.79. The minimum Gasteiger partial charge on any atom is -0.0616 e. The standard InChI is InChI=1S/C60H44/c1-59(2)55-33-44(41-14-9-13-40(31-41)43-20-25-50-48(32-43)19-17-38-11-7-8-15-49(38)50)21-26-51(55)53-28-23-46(35-57(53)59)47-24-29-54-52-27-22-45(34-56(52)60(3,4)58(54)36-47)42-18-16-37-10-5-6-12-39(37)30-42/h5-36H,1-4H3. The number of benzene rings is 10. The summed E-state index contributed by atoms with van der Waals surface area (Å²) in [5.41, 5.74) is 20.8. The molecule has 0 heteroatoms. The summed E-state index contributed by atoms with van der Waals surface area (Å²) in [6, 6.07) is 73.1. The maximum atomic E-state index is 2.47. The Labute approximate surface area is 352 Å². The van der Waals surface area contributed by atoms with Crippen LogP contribution < -0.4 is 0 Å². The molecule has 0 saturated carbocycles. The van der Waals surface area contributed by atoms with Crippen molar-refractivity contribution in [1.29, 1.82) is 0 Å². The van der Waals surface area contributed by atoms with E-state index in [1.807, 2.05) is 0 Å². The van der Waals surface area contributed by atoms with E-state index in [2.05, 4.69) is 222 Å². The zero-order chi connectivity index (χ0) is 40.3. The van der Waals surface area contributed by atoms with Gasteiger partial charge in [0.25, 0.3) is 0 Å². The van der Waals surface area contributed by atoms with E-state index < -0.39 is 0 Å². The second kappa shape index (κ2) is 12.7. The van der Waals surface area contributed by atoms with E-state index in [9.17, 15) is 0 Å². The average Bonchev–Trinajstić information content (AvgIpc) is 3.66. The van der Waals surface area contributed by atoms with Crippen LogP contribution in [0.3, 0.4) is 0 Å². The van der Waals surface area contributed by atoms with Crippen LogP contribution in [0.25, 0.3) is 99.1 Å². The molecule has 0 saturated heterocycles. The van der Waals surface area contributed by atoms with E-state index in [0.717, 1.165) is 0 Å². The van der Waals surface area contributed by atoms with E-state index in [1.165, 1.54) is 121 Å². The van der Waals surface area contributed by atoms with Crippen LogP contribution in [-0.2, 0) is 10.8 Å². The highest BCUT2D eigenvalue weighted by Crippen LogP contribution is 2.53. The molecule has 0 fully saturated rings. The predicted molar refractivity (Wildman–Crippen MR) is 256 cm³/mol. The molecule has 2 aliphatic rings. The van der Waals surface area contributed by atoms with Crippen molar-refractivity contribution in [1.82, 2.24) is 0 Å². The van der Waals surface area contributed by atoms with Crippen LogP contribution in [0, 0.1) is 0 Å². The highest BCUT2D eigenvalue weighted by atomic mass is 14.4. The van der Waals surface area contributed by atoms with Gasteiger partial charge in [0.2, 0.25) is 0 Å². The van der Waals surface area contributed by atoms with Gasteiger partial charge < -0.3 is 0 Å². The first-order valence-corrected chi connectivity index (χ1v) is 21.3. The molecule has 284 valence electrons. The van der Waals surface area contributed by atoms with Crippen LogP contribution in [0.4, 0.5) is 0 Å². The van der Waals surface area contributed by atoms with Crippen LogP contribution in [0.15, 0.2) is 194 Å². The summed E-state index contributed by atoms with van der Waals surface area (Å²) in [4.78, 5) is 0. The van der Waals surface area contributed by atoms with Gasteiger partial charge in [0.1, 0.15) is 0 Å². The number of rotatable bonds is 4. The van der Waals surface area contributed by atoms with Gasteiger partial charge in [-0.3, -0.25) is 0 Å². The van der Waals surface area contributed by atoms with Gasteiger partial charge in [-0.2, -0.15) is 0 Å². The molecular weight excluding hydrogens is 721 g/mol. The zero-order valence-electron chi connectivity index (χ0n) is 34.5. The van der Waals surface area contributed by atoms with Crippen molar-refractivity contribution >= 4 is 32.3 Å². The molecular formula is C60H44. The quantitative estimate of drug-likeness (QED) is 0.157. The van der Waals surface area contributed by atoms with Crippen LogP contribution in [0.1, 0.15) is 49.9 Å². The molecule has 0 aromatic heterocycles. The summed E-state index contributed by atoms with van der Waals surface area (Å²) >= 11 is 0. The van der Waals surface area contributed by atoms with Gasteiger partial charge in [0.15, 0.2) is 0 Å². The molecule has 0 nitrogen and oxygen atoms in total. The van der Waals surface area contributed by atoms with Gasteiger partial charge in [0.05, 0.1) is 0 Å². The first-order valence-electron chi connectivity index (χ1n) is 21.3. The Morgan fingerprint density at radius 2 is 0.583 bits per heavy atom. The molecule has 0 radical (unpaired) electrons. The van der Waals surface area contributed by atoms with E-state index in [0.29, 0.717) is 0 Å². The molecule has 10 aromatic rings. The lowest BCUT2D eigenvalue weighted by molar-refractivity contribution is 0.660. The summed E-state index contributed by atoms with van der Waals surface area (Å²) < 4.78 is 0. The van der Waals surface area contributed by atoms with Crippen LogP contribution >= 0.6 is 0 Å². The monoisotopic (exact) mass is 764 g/mol. The van der Waals surface area contributed by atoms with Gasteiger partial charge >= 0.3 is 0 Å². The maximum Gasteiger partial charge on any atom is 0.0159 e. The molecule has 2 aliphatic carbocycles. The molecule has 0 amide bonds.